The smallest absolute Gasteiger partial charge is 0.137 e. The molecule has 3 rings (SSSR count). The van der Waals surface area contributed by atoms with Crippen molar-refractivity contribution in [2.75, 3.05) is 19.6 Å². The Morgan fingerprint density at radius 1 is 1.19 bits per heavy atom. The molecule has 2 heterocycles. The quantitative estimate of drug-likeness (QED) is 0.846. The van der Waals surface area contributed by atoms with Gasteiger partial charge in [-0.2, -0.15) is 5.10 Å². The zero-order valence-electron chi connectivity index (χ0n) is 12.7. The third kappa shape index (κ3) is 3.50. The second-order valence-electron chi connectivity index (χ2n) is 5.93. The molecule has 21 heavy (non-hydrogen) atoms. The normalized spacial score (nSPS) is 23.3. The average Bonchev–Trinajstić information content (AvgIpc) is 3.07. The van der Waals surface area contributed by atoms with Crippen LogP contribution in [-0.4, -0.2) is 39.3 Å². The van der Waals surface area contributed by atoms with Gasteiger partial charge in [0, 0.05) is 13.1 Å². The number of hydrogen-bond donors (Lipinski definition) is 0. The van der Waals surface area contributed by atoms with Crippen molar-refractivity contribution >= 4 is 0 Å². The minimum Gasteiger partial charge on any atom is -0.301 e. The molecule has 1 aliphatic rings. The average molecular weight is 284 g/mol. The van der Waals surface area contributed by atoms with Crippen LogP contribution in [0.25, 0.3) is 0 Å². The Hall–Kier alpha value is -1.68. The van der Waals surface area contributed by atoms with Gasteiger partial charge in [-0.3, -0.25) is 4.68 Å². The molecular weight excluding hydrogens is 260 g/mol. The molecule has 0 aliphatic carbocycles. The summed E-state index contributed by atoms with van der Waals surface area (Å²) in [5.41, 5.74) is 1.51. The van der Waals surface area contributed by atoms with Crippen molar-refractivity contribution in [1.29, 1.82) is 0 Å². The highest BCUT2D eigenvalue weighted by atomic mass is 15.3. The van der Waals surface area contributed by atoms with E-state index in [1.54, 1.807) is 12.7 Å². The lowest BCUT2D eigenvalue weighted by atomic mass is 9.79. The summed E-state index contributed by atoms with van der Waals surface area (Å²) in [7, 11) is 0. The van der Waals surface area contributed by atoms with E-state index in [1.807, 2.05) is 4.68 Å². The third-order valence-corrected chi connectivity index (χ3v) is 4.68. The first kappa shape index (κ1) is 14.3. The van der Waals surface area contributed by atoms with Gasteiger partial charge in [-0.15, -0.1) is 0 Å². The van der Waals surface area contributed by atoms with E-state index in [0.717, 1.165) is 24.9 Å². The summed E-state index contributed by atoms with van der Waals surface area (Å²) < 4.78 is 1.92. The number of hydrogen-bond acceptors (Lipinski definition) is 3. The van der Waals surface area contributed by atoms with Crippen LogP contribution in [0.15, 0.2) is 43.0 Å². The van der Waals surface area contributed by atoms with Gasteiger partial charge in [0.25, 0.3) is 0 Å². The number of nitrogens with zero attached hydrogens (tertiary/aromatic N) is 4. The van der Waals surface area contributed by atoms with Gasteiger partial charge in [-0.1, -0.05) is 43.7 Å². The maximum atomic E-state index is 4.18. The highest BCUT2D eigenvalue weighted by Gasteiger charge is 2.28. The zero-order chi connectivity index (χ0) is 14.5. The number of likely N-dealkylation sites (tertiary alicyclic amines) is 1. The van der Waals surface area contributed by atoms with Crippen molar-refractivity contribution in [1.82, 2.24) is 19.7 Å². The summed E-state index contributed by atoms with van der Waals surface area (Å²) in [6.45, 7) is 6.71. The first-order valence-electron chi connectivity index (χ1n) is 7.96. The van der Waals surface area contributed by atoms with Crippen molar-refractivity contribution in [3.63, 3.8) is 0 Å². The summed E-state index contributed by atoms with van der Waals surface area (Å²) in [5.74, 6) is 1.48. The Balaban J connectivity index is 1.58. The van der Waals surface area contributed by atoms with E-state index < -0.39 is 0 Å². The van der Waals surface area contributed by atoms with Gasteiger partial charge < -0.3 is 4.90 Å². The fourth-order valence-electron chi connectivity index (χ4n) is 3.46. The van der Waals surface area contributed by atoms with E-state index in [2.05, 4.69) is 52.2 Å². The van der Waals surface area contributed by atoms with Crippen molar-refractivity contribution in [3.05, 3.63) is 48.5 Å². The Morgan fingerprint density at radius 2 is 2.05 bits per heavy atom. The predicted octanol–water partition coefficient (Wildman–Crippen LogP) is 2.79. The lowest BCUT2D eigenvalue weighted by Crippen LogP contribution is -2.40. The molecule has 0 N–H and O–H groups in total. The molecule has 112 valence electrons. The summed E-state index contributed by atoms with van der Waals surface area (Å²) in [5, 5.41) is 4.18. The summed E-state index contributed by atoms with van der Waals surface area (Å²) in [4.78, 5) is 6.58. The van der Waals surface area contributed by atoms with Gasteiger partial charge in [0.1, 0.15) is 12.7 Å². The van der Waals surface area contributed by atoms with Crippen LogP contribution >= 0.6 is 0 Å². The standard InChI is InChI=1S/C17H24N4/c1-2-15-12-20(10-11-21-14-18-13-19-21)9-8-17(15)16-6-4-3-5-7-16/h3-7,13-15,17H,2,8-12H2,1H3/t15-,17-/m1/s1. The Morgan fingerprint density at radius 3 is 2.76 bits per heavy atom. The van der Waals surface area contributed by atoms with E-state index in [0.29, 0.717) is 0 Å². The van der Waals surface area contributed by atoms with Crippen LogP contribution < -0.4 is 0 Å². The predicted molar refractivity (Wildman–Crippen MR) is 84.0 cm³/mol. The largest absolute Gasteiger partial charge is 0.301 e. The first-order chi connectivity index (χ1) is 10.4. The molecule has 0 saturated carbocycles. The molecule has 0 spiro atoms. The molecule has 1 aromatic carbocycles. The third-order valence-electron chi connectivity index (χ3n) is 4.68. The molecule has 1 aliphatic heterocycles. The molecule has 1 fully saturated rings. The summed E-state index contributed by atoms with van der Waals surface area (Å²) >= 11 is 0. The molecular formula is C17H24N4. The lowest BCUT2D eigenvalue weighted by molar-refractivity contribution is 0.144. The minimum atomic E-state index is 0.721. The fraction of sp³-hybridized carbons (Fsp3) is 0.529. The number of aromatic nitrogens is 3. The molecule has 0 amide bonds. The monoisotopic (exact) mass is 284 g/mol. The first-order valence-corrected chi connectivity index (χ1v) is 7.96. The molecule has 2 atom stereocenters. The van der Waals surface area contributed by atoms with E-state index in [1.165, 1.54) is 31.5 Å². The molecule has 1 saturated heterocycles. The van der Waals surface area contributed by atoms with Crippen molar-refractivity contribution in [3.8, 4) is 0 Å². The maximum absolute atomic E-state index is 4.18. The van der Waals surface area contributed by atoms with E-state index in [4.69, 9.17) is 0 Å². The highest BCUT2D eigenvalue weighted by molar-refractivity contribution is 5.21. The van der Waals surface area contributed by atoms with Gasteiger partial charge in [-0.25, -0.2) is 4.98 Å². The number of piperidine rings is 1. The molecule has 2 aromatic rings. The van der Waals surface area contributed by atoms with Gasteiger partial charge in [0.15, 0.2) is 0 Å². The van der Waals surface area contributed by atoms with Crippen molar-refractivity contribution in [2.24, 2.45) is 5.92 Å². The van der Waals surface area contributed by atoms with Crippen LogP contribution in [0.4, 0.5) is 0 Å². The maximum Gasteiger partial charge on any atom is 0.137 e. The summed E-state index contributed by atoms with van der Waals surface area (Å²) in [6.07, 6.45) is 5.92. The Bertz CT molecular complexity index is 523. The lowest BCUT2D eigenvalue weighted by Gasteiger charge is -2.38. The topological polar surface area (TPSA) is 34.0 Å². The van der Waals surface area contributed by atoms with Crippen LogP contribution in [0.5, 0.6) is 0 Å². The minimum absolute atomic E-state index is 0.721. The second-order valence-corrected chi connectivity index (χ2v) is 5.93. The van der Waals surface area contributed by atoms with Gasteiger partial charge >= 0.3 is 0 Å². The SMILES string of the molecule is CC[C@@H]1CN(CCn2cncn2)CC[C@H]1c1ccccc1. The fourth-order valence-corrected chi connectivity index (χ4v) is 3.46. The van der Waals surface area contributed by atoms with Crippen LogP contribution in [0.3, 0.4) is 0 Å². The van der Waals surface area contributed by atoms with Crippen LogP contribution in [0.2, 0.25) is 0 Å². The number of benzene rings is 1. The van der Waals surface area contributed by atoms with E-state index in [9.17, 15) is 0 Å². The van der Waals surface area contributed by atoms with Gasteiger partial charge in [-0.05, 0) is 30.4 Å². The van der Waals surface area contributed by atoms with Crippen LogP contribution in [0, 0.1) is 5.92 Å². The summed E-state index contributed by atoms with van der Waals surface area (Å²) in [6, 6.07) is 11.0. The van der Waals surface area contributed by atoms with Crippen LogP contribution in [0.1, 0.15) is 31.2 Å². The number of rotatable bonds is 5. The van der Waals surface area contributed by atoms with E-state index in [-0.39, 0.29) is 0 Å². The Kier molecular flexibility index (Phi) is 4.65. The van der Waals surface area contributed by atoms with Crippen LogP contribution in [-0.2, 0) is 6.54 Å². The second kappa shape index (κ2) is 6.85. The molecule has 4 heteroatoms. The van der Waals surface area contributed by atoms with Gasteiger partial charge in [0.2, 0.25) is 0 Å². The van der Waals surface area contributed by atoms with E-state index >= 15 is 0 Å². The zero-order valence-corrected chi connectivity index (χ0v) is 12.7. The molecule has 0 bridgehead atoms. The molecule has 0 radical (unpaired) electrons. The Labute approximate surface area is 126 Å². The molecule has 0 unspecified atom stereocenters. The molecule has 4 nitrogen and oxygen atoms in total. The van der Waals surface area contributed by atoms with Gasteiger partial charge in [0.05, 0.1) is 6.54 Å². The highest BCUT2D eigenvalue weighted by Crippen LogP contribution is 2.34. The van der Waals surface area contributed by atoms with Crippen molar-refractivity contribution in [2.45, 2.75) is 32.2 Å². The molecule has 1 aromatic heterocycles. The van der Waals surface area contributed by atoms with Crippen molar-refractivity contribution < 1.29 is 0 Å².